The van der Waals surface area contributed by atoms with Crippen LogP contribution in [0.4, 0.5) is 0 Å². The molecule has 28 heavy (non-hydrogen) atoms. The first kappa shape index (κ1) is 19.7. The van der Waals surface area contributed by atoms with Crippen LogP contribution in [0.3, 0.4) is 0 Å². The fourth-order valence-electron chi connectivity index (χ4n) is 3.07. The molecule has 0 saturated carbocycles. The molecule has 0 atom stereocenters. The molecule has 7 heteroatoms. The summed E-state index contributed by atoms with van der Waals surface area (Å²) in [6.45, 7) is 11.2. The number of hydrogen-bond acceptors (Lipinski definition) is 5. The van der Waals surface area contributed by atoms with Gasteiger partial charge in [0.25, 0.3) is 5.91 Å². The van der Waals surface area contributed by atoms with Crippen LogP contribution in [0.15, 0.2) is 28.9 Å². The normalized spacial score (nSPS) is 10.9. The lowest BCUT2D eigenvalue weighted by Gasteiger charge is -2.09. The summed E-state index contributed by atoms with van der Waals surface area (Å²) in [6.07, 6.45) is 1.94. The van der Waals surface area contributed by atoms with Gasteiger partial charge in [-0.1, -0.05) is 11.2 Å². The third-order valence-corrected chi connectivity index (χ3v) is 4.59. The molecule has 0 spiro atoms. The van der Waals surface area contributed by atoms with E-state index < -0.39 is 0 Å². The van der Waals surface area contributed by atoms with Gasteiger partial charge in [0.05, 0.1) is 11.3 Å². The molecule has 2 heterocycles. The average molecular weight is 382 g/mol. The third-order valence-electron chi connectivity index (χ3n) is 4.59. The van der Waals surface area contributed by atoms with Crippen LogP contribution < -0.4 is 10.1 Å². The Morgan fingerprint density at radius 3 is 2.54 bits per heavy atom. The summed E-state index contributed by atoms with van der Waals surface area (Å²) in [4.78, 5) is 12.6. The first-order valence-electron chi connectivity index (χ1n) is 9.34. The van der Waals surface area contributed by atoms with Crippen molar-refractivity contribution in [2.45, 2.75) is 54.3 Å². The maximum atomic E-state index is 12.6. The second-order valence-corrected chi connectivity index (χ2v) is 6.96. The maximum Gasteiger partial charge on any atom is 0.274 e. The van der Waals surface area contributed by atoms with Gasteiger partial charge in [-0.2, -0.15) is 5.10 Å². The molecular weight excluding hydrogens is 356 g/mol. The molecule has 0 unspecified atom stereocenters. The Kier molecular flexibility index (Phi) is 5.82. The molecule has 7 nitrogen and oxygen atoms in total. The van der Waals surface area contributed by atoms with Gasteiger partial charge in [0.2, 0.25) is 0 Å². The van der Waals surface area contributed by atoms with Crippen molar-refractivity contribution in [3.63, 3.8) is 0 Å². The summed E-state index contributed by atoms with van der Waals surface area (Å²) in [5.74, 6) is 1.04. The van der Waals surface area contributed by atoms with E-state index in [-0.39, 0.29) is 18.2 Å². The molecule has 1 N–H and O–H groups in total. The number of benzene rings is 1. The van der Waals surface area contributed by atoms with Gasteiger partial charge in [-0.15, -0.1) is 0 Å². The number of rotatable bonds is 7. The van der Waals surface area contributed by atoms with E-state index in [9.17, 15) is 4.79 Å². The van der Waals surface area contributed by atoms with Gasteiger partial charge in [0.1, 0.15) is 18.1 Å². The van der Waals surface area contributed by atoms with E-state index in [0.717, 1.165) is 34.7 Å². The molecule has 0 aliphatic carbocycles. The van der Waals surface area contributed by atoms with Crippen molar-refractivity contribution >= 4 is 5.91 Å². The Morgan fingerprint density at radius 1 is 1.18 bits per heavy atom. The number of ether oxygens (including phenoxy) is 1. The molecule has 0 radical (unpaired) electrons. The molecule has 1 aromatic carbocycles. The van der Waals surface area contributed by atoms with E-state index in [0.29, 0.717) is 17.9 Å². The van der Waals surface area contributed by atoms with E-state index in [2.05, 4.69) is 21.6 Å². The number of carbonyl (C=O) groups excluding carboxylic acids is 1. The Hall–Kier alpha value is -3.09. The first-order chi connectivity index (χ1) is 13.4. The van der Waals surface area contributed by atoms with Crippen LogP contribution in [-0.4, -0.2) is 20.8 Å². The number of aromatic nitrogens is 3. The number of nitrogens with one attached hydrogen (secondary N) is 1. The third kappa shape index (κ3) is 4.42. The van der Waals surface area contributed by atoms with Crippen LogP contribution in [0.2, 0.25) is 0 Å². The zero-order chi connectivity index (χ0) is 20.3. The molecule has 0 bridgehead atoms. The Morgan fingerprint density at radius 2 is 1.89 bits per heavy atom. The van der Waals surface area contributed by atoms with E-state index in [4.69, 9.17) is 9.26 Å². The smallest absolute Gasteiger partial charge is 0.274 e. The number of amides is 1. The zero-order valence-electron chi connectivity index (χ0n) is 17.0. The fraction of sp³-hybridized carbons (Fsp3) is 0.381. The molecule has 1 amide bonds. The van der Waals surface area contributed by atoms with Crippen LogP contribution in [0.25, 0.3) is 0 Å². The lowest BCUT2D eigenvalue weighted by Crippen LogP contribution is -2.24. The van der Waals surface area contributed by atoms with Crippen LogP contribution in [0, 0.1) is 27.7 Å². The summed E-state index contributed by atoms with van der Waals surface area (Å²) in [5, 5.41) is 11.2. The topological polar surface area (TPSA) is 82.2 Å². The highest BCUT2D eigenvalue weighted by atomic mass is 16.5. The first-order valence-corrected chi connectivity index (χ1v) is 9.34. The molecule has 0 saturated heterocycles. The van der Waals surface area contributed by atoms with Gasteiger partial charge in [-0.25, -0.2) is 0 Å². The van der Waals surface area contributed by atoms with E-state index in [1.54, 1.807) is 6.92 Å². The number of aryl methyl sites for hydroxylation is 5. The summed E-state index contributed by atoms with van der Waals surface area (Å²) < 4.78 is 13.0. The number of carbonyl (C=O) groups is 1. The van der Waals surface area contributed by atoms with Gasteiger partial charge in [-0.05, 0) is 57.9 Å². The van der Waals surface area contributed by atoms with Crippen molar-refractivity contribution in [2.24, 2.45) is 0 Å². The monoisotopic (exact) mass is 382 g/mol. The Balaban J connectivity index is 1.69. The molecule has 2 aromatic heterocycles. The lowest BCUT2D eigenvalue weighted by atomic mass is 10.1. The maximum absolute atomic E-state index is 12.6. The fourth-order valence-corrected chi connectivity index (χ4v) is 3.07. The van der Waals surface area contributed by atoms with Crippen molar-refractivity contribution in [1.82, 2.24) is 20.3 Å². The van der Waals surface area contributed by atoms with Crippen molar-refractivity contribution in [3.8, 4) is 5.75 Å². The molecule has 0 fully saturated rings. The minimum atomic E-state index is -0.292. The molecule has 3 aromatic rings. The summed E-state index contributed by atoms with van der Waals surface area (Å²) in [5.41, 5.74) is 5.02. The van der Waals surface area contributed by atoms with Crippen LogP contribution in [-0.2, 0) is 19.7 Å². The second-order valence-electron chi connectivity index (χ2n) is 6.96. The van der Waals surface area contributed by atoms with Crippen LogP contribution in [0.5, 0.6) is 5.75 Å². The molecule has 3 rings (SSSR count). The van der Waals surface area contributed by atoms with E-state index in [1.165, 1.54) is 0 Å². The van der Waals surface area contributed by atoms with Crippen LogP contribution in [0.1, 0.15) is 51.1 Å². The van der Waals surface area contributed by atoms with Crippen LogP contribution >= 0.6 is 0 Å². The van der Waals surface area contributed by atoms with Crippen molar-refractivity contribution < 1.29 is 14.1 Å². The lowest BCUT2D eigenvalue weighted by molar-refractivity contribution is 0.0939. The largest absolute Gasteiger partial charge is 0.489 e. The van der Waals surface area contributed by atoms with E-state index >= 15 is 0 Å². The quantitative estimate of drug-likeness (QED) is 0.675. The predicted octanol–water partition coefficient (Wildman–Crippen LogP) is 3.63. The van der Waals surface area contributed by atoms with Crippen molar-refractivity contribution in [1.29, 1.82) is 0 Å². The SMILES string of the molecule is CCn1cc(CNC(=O)c2noc(C)c2COc2cc(C)cc(C)c2)c(C)n1. The molecule has 0 aliphatic rings. The zero-order valence-corrected chi connectivity index (χ0v) is 17.0. The minimum Gasteiger partial charge on any atom is -0.489 e. The van der Waals surface area contributed by atoms with Gasteiger partial charge in [0, 0.05) is 24.8 Å². The standard InChI is InChI=1S/C21H26N4O3/c1-6-25-11-17(15(4)23-25)10-22-21(26)20-19(16(5)28-24-20)12-27-18-8-13(2)7-14(3)9-18/h7-9,11H,6,10,12H2,1-5H3,(H,22,26). The summed E-state index contributed by atoms with van der Waals surface area (Å²) in [7, 11) is 0. The van der Waals surface area contributed by atoms with Gasteiger partial charge < -0.3 is 14.6 Å². The number of nitrogens with zero attached hydrogens (tertiary/aromatic N) is 3. The molecular formula is C21H26N4O3. The highest BCUT2D eigenvalue weighted by Crippen LogP contribution is 2.20. The van der Waals surface area contributed by atoms with Crippen molar-refractivity contribution in [3.05, 3.63) is 63.8 Å². The Labute approximate surface area is 164 Å². The number of hydrogen-bond donors (Lipinski definition) is 1. The highest BCUT2D eigenvalue weighted by Gasteiger charge is 2.20. The average Bonchev–Trinajstić information content (AvgIpc) is 3.19. The Bertz CT molecular complexity index is 967. The van der Waals surface area contributed by atoms with Gasteiger partial charge in [-0.3, -0.25) is 9.48 Å². The second kappa shape index (κ2) is 8.29. The summed E-state index contributed by atoms with van der Waals surface area (Å²) in [6, 6.07) is 6.01. The van der Waals surface area contributed by atoms with Crippen molar-refractivity contribution in [2.75, 3.05) is 0 Å². The van der Waals surface area contributed by atoms with E-state index in [1.807, 2.05) is 50.7 Å². The summed E-state index contributed by atoms with van der Waals surface area (Å²) >= 11 is 0. The molecule has 0 aliphatic heterocycles. The van der Waals surface area contributed by atoms with Gasteiger partial charge >= 0.3 is 0 Å². The van der Waals surface area contributed by atoms with Gasteiger partial charge in [0.15, 0.2) is 5.69 Å². The minimum absolute atomic E-state index is 0.216. The highest BCUT2D eigenvalue weighted by molar-refractivity contribution is 5.93. The molecule has 148 valence electrons. The predicted molar refractivity (Wildman–Crippen MR) is 105 cm³/mol.